The van der Waals surface area contributed by atoms with Crippen LogP contribution in [0.4, 0.5) is 8.78 Å². The van der Waals surface area contributed by atoms with E-state index in [1.54, 1.807) is 13.0 Å². The maximum absolute atomic E-state index is 14.4. The summed E-state index contributed by atoms with van der Waals surface area (Å²) in [5.41, 5.74) is 3.74. The molecule has 1 aromatic heterocycles. The Labute approximate surface area is 147 Å². The van der Waals surface area contributed by atoms with Gasteiger partial charge in [-0.25, -0.2) is 0 Å². The van der Waals surface area contributed by atoms with Gasteiger partial charge in [0.25, 0.3) is 0 Å². The van der Waals surface area contributed by atoms with Crippen LogP contribution in [0.5, 0.6) is 0 Å². The summed E-state index contributed by atoms with van der Waals surface area (Å²) >= 11 is -0.264. The van der Waals surface area contributed by atoms with Crippen LogP contribution in [0.25, 0.3) is 11.3 Å². The van der Waals surface area contributed by atoms with E-state index in [1.165, 1.54) is 0 Å². The molecule has 23 heavy (non-hydrogen) atoms. The average Bonchev–Trinajstić information content (AvgIpc) is 2.51. The van der Waals surface area contributed by atoms with Crippen LogP contribution in [0.3, 0.4) is 0 Å². The number of aryl methyl sites for hydroxylation is 2. The summed E-state index contributed by atoms with van der Waals surface area (Å²) in [5.74, 6) is -1.06. The van der Waals surface area contributed by atoms with Crippen molar-refractivity contribution in [3.05, 3.63) is 50.2 Å². The van der Waals surface area contributed by atoms with Gasteiger partial charge in [0.1, 0.15) is 0 Å². The number of hydrogen-bond acceptors (Lipinski definition) is 2. The Kier molecular flexibility index (Phi) is 6.47. The summed E-state index contributed by atoms with van der Waals surface area (Å²) in [6.07, 6.45) is 1.80. The predicted octanol–water partition coefficient (Wildman–Crippen LogP) is 1.03. The predicted molar refractivity (Wildman–Crippen MR) is 85.7 cm³/mol. The number of alkyl halides is 1. The minimum absolute atomic E-state index is 0.264. The Hall–Kier alpha value is -1.08. The van der Waals surface area contributed by atoms with Crippen molar-refractivity contribution >= 4 is 0 Å². The number of halogens is 3. The number of hydrogen-bond donors (Lipinski definition) is 1. The summed E-state index contributed by atoms with van der Waals surface area (Å²) in [6.45, 7) is 5.80. The first kappa shape index (κ1) is 18.3. The molecule has 0 aliphatic carbocycles. The number of benzene rings is 1. The molecule has 0 radical (unpaired) electrons. The SMILES string of the molecule is CCCc1c(C)cc([I-]CNC)nc1-c1cc(C)c(F)cc1F. The molecular weight excluding hydrogens is 409 g/mol. The van der Waals surface area contributed by atoms with Crippen LogP contribution in [0, 0.1) is 29.2 Å². The zero-order valence-corrected chi connectivity index (χ0v) is 16.1. The number of rotatable bonds is 6. The average molecular weight is 431 g/mol. The number of nitrogens with one attached hydrogen (secondary N) is 1. The Bertz CT molecular complexity index is 702. The molecule has 0 aliphatic rings. The van der Waals surface area contributed by atoms with Crippen molar-refractivity contribution < 1.29 is 30.0 Å². The molecule has 5 heteroatoms. The van der Waals surface area contributed by atoms with E-state index in [0.717, 1.165) is 38.3 Å². The Morgan fingerprint density at radius 1 is 1.09 bits per heavy atom. The molecule has 0 bridgehead atoms. The van der Waals surface area contributed by atoms with Gasteiger partial charge in [-0.15, -0.1) is 0 Å². The van der Waals surface area contributed by atoms with E-state index >= 15 is 0 Å². The second-order valence-corrected chi connectivity index (χ2v) is 8.17. The number of pyridine rings is 1. The zero-order chi connectivity index (χ0) is 17.0. The molecule has 0 saturated carbocycles. The fourth-order valence-corrected chi connectivity index (χ4v) is 4.36. The molecule has 2 rings (SSSR count). The molecule has 0 atom stereocenters. The molecule has 1 aromatic carbocycles. The van der Waals surface area contributed by atoms with Crippen molar-refractivity contribution in [3.8, 4) is 11.3 Å². The third-order valence-corrected chi connectivity index (χ3v) is 6.14. The van der Waals surface area contributed by atoms with E-state index in [9.17, 15) is 8.78 Å². The summed E-state index contributed by atoms with van der Waals surface area (Å²) in [5, 5.41) is 3.15. The van der Waals surface area contributed by atoms with Crippen LogP contribution in [-0.4, -0.2) is 16.6 Å². The van der Waals surface area contributed by atoms with Crippen molar-refractivity contribution in [1.82, 2.24) is 10.3 Å². The van der Waals surface area contributed by atoms with Gasteiger partial charge in [0.05, 0.1) is 0 Å². The third-order valence-electron chi connectivity index (χ3n) is 3.66. The van der Waals surface area contributed by atoms with Crippen molar-refractivity contribution in [1.29, 1.82) is 0 Å². The Morgan fingerprint density at radius 2 is 1.83 bits per heavy atom. The van der Waals surface area contributed by atoms with Crippen LogP contribution < -0.4 is 26.5 Å². The molecular formula is C18H22F2IN2-. The quantitative estimate of drug-likeness (QED) is 0.320. The van der Waals surface area contributed by atoms with E-state index in [4.69, 9.17) is 4.98 Å². The van der Waals surface area contributed by atoms with Gasteiger partial charge in [0.15, 0.2) is 0 Å². The summed E-state index contributed by atoms with van der Waals surface area (Å²) < 4.78 is 29.9. The van der Waals surface area contributed by atoms with Gasteiger partial charge in [-0.1, -0.05) is 0 Å². The normalized spacial score (nSPS) is 11.2. The van der Waals surface area contributed by atoms with Crippen molar-refractivity contribution in [2.24, 2.45) is 0 Å². The molecule has 1 N–H and O–H groups in total. The van der Waals surface area contributed by atoms with Gasteiger partial charge in [0, 0.05) is 0 Å². The molecule has 1 heterocycles. The van der Waals surface area contributed by atoms with E-state index in [2.05, 4.69) is 25.2 Å². The van der Waals surface area contributed by atoms with Crippen LogP contribution in [-0.2, 0) is 6.42 Å². The first-order valence-electron chi connectivity index (χ1n) is 7.68. The van der Waals surface area contributed by atoms with E-state index in [0.29, 0.717) is 16.8 Å². The molecule has 0 unspecified atom stereocenters. The van der Waals surface area contributed by atoms with Gasteiger partial charge >= 0.3 is 147 Å². The Morgan fingerprint density at radius 3 is 2.48 bits per heavy atom. The fourth-order valence-electron chi connectivity index (χ4n) is 2.49. The van der Waals surface area contributed by atoms with Crippen LogP contribution in [0.1, 0.15) is 30.0 Å². The second-order valence-electron chi connectivity index (χ2n) is 5.54. The topological polar surface area (TPSA) is 24.9 Å². The van der Waals surface area contributed by atoms with Crippen molar-refractivity contribution in [2.45, 2.75) is 33.6 Å². The Balaban J connectivity index is 2.62. The van der Waals surface area contributed by atoms with Crippen LogP contribution >= 0.6 is 0 Å². The summed E-state index contributed by atoms with van der Waals surface area (Å²) in [4.78, 5) is 4.74. The molecule has 2 nitrogen and oxygen atoms in total. The standard InChI is InChI=1S/C18H22F2IN2/c1-5-6-13-11(2)8-17(21-10-22-4)23-18(13)14-7-12(3)15(19)9-16(14)20/h7-9,22H,5-6,10H2,1-4H3/q-1. The summed E-state index contributed by atoms with van der Waals surface area (Å²) in [7, 11) is 1.92. The van der Waals surface area contributed by atoms with Gasteiger partial charge in [-0.05, 0) is 0 Å². The fraction of sp³-hybridized carbons (Fsp3) is 0.389. The summed E-state index contributed by atoms with van der Waals surface area (Å²) in [6, 6.07) is 4.66. The van der Waals surface area contributed by atoms with Gasteiger partial charge in [0.2, 0.25) is 0 Å². The monoisotopic (exact) mass is 431 g/mol. The second kappa shape index (κ2) is 8.15. The minimum atomic E-state index is -0.540. The first-order chi connectivity index (χ1) is 11.0. The molecule has 0 aliphatic heterocycles. The molecule has 0 amide bonds. The molecule has 0 fully saturated rings. The van der Waals surface area contributed by atoms with Gasteiger partial charge in [-0.2, -0.15) is 0 Å². The van der Waals surface area contributed by atoms with E-state index in [1.807, 2.05) is 7.05 Å². The van der Waals surface area contributed by atoms with E-state index < -0.39 is 11.6 Å². The maximum atomic E-state index is 14.4. The van der Waals surface area contributed by atoms with E-state index in [-0.39, 0.29) is 21.2 Å². The van der Waals surface area contributed by atoms with Crippen LogP contribution in [0.15, 0.2) is 18.2 Å². The van der Waals surface area contributed by atoms with Gasteiger partial charge in [-0.3, -0.25) is 0 Å². The molecule has 126 valence electrons. The molecule has 0 saturated heterocycles. The molecule has 0 spiro atoms. The first-order valence-corrected chi connectivity index (χ1v) is 10.3. The number of nitrogens with zero attached hydrogens (tertiary/aromatic N) is 1. The molecule has 2 aromatic rings. The third kappa shape index (κ3) is 4.26. The van der Waals surface area contributed by atoms with Crippen molar-refractivity contribution in [3.63, 3.8) is 0 Å². The number of aromatic nitrogens is 1. The van der Waals surface area contributed by atoms with Crippen LogP contribution in [0.2, 0.25) is 0 Å². The van der Waals surface area contributed by atoms with Crippen molar-refractivity contribution in [2.75, 3.05) is 11.6 Å². The van der Waals surface area contributed by atoms with Gasteiger partial charge < -0.3 is 0 Å². The zero-order valence-electron chi connectivity index (χ0n) is 13.9.